The second-order valence-electron chi connectivity index (χ2n) is 4.80. The molecule has 1 aliphatic heterocycles. The highest BCUT2D eigenvalue weighted by Gasteiger charge is 2.17. The Morgan fingerprint density at radius 1 is 1.38 bits per heavy atom. The number of aromatic nitrogens is 1. The molecule has 0 spiro atoms. The molecule has 5 nitrogen and oxygen atoms in total. The Hall–Kier alpha value is -1.69. The minimum absolute atomic E-state index is 0.112. The van der Waals surface area contributed by atoms with Crippen LogP contribution in [-0.2, 0) is 9.47 Å². The summed E-state index contributed by atoms with van der Waals surface area (Å²) < 4.78 is 10.8. The van der Waals surface area contributed by atoms with Crippen LogP contribution >= 0.6 is 11.6 Å². The molecule has 1 saturated heterocycles. The summed E-state index contributed by atoms with van der Waals surface area (Å²) in [6.45, 7) is 2.05. The first-order valence-corrected chi connectivity index (χ1v) is 7.14. The van der Waals surface area contributed by atoms with Gasteiger partial charge in [-0.3, -0.25) is 4.79 Å². The van der Waals surface area contributed by atoms with Gasteiger partial charge in [0.2, 0.25) is 0 Å². The molecule has 1 aromatic carbocycles. The molecule has 1 atom stereocenters. The van der Waals surface area contributed by atoms with Crippen molar-refractivity contribution in [3.63, 3.8) is 0 Å². The van der Waals surface area contributed by atoms with Gasteiger partial charge in [-0.25, -0.2) is 4.98 Å². The van der Waals surface area contributed by atoms with Crippen LogP contribution in [0, 0.1) is 0 Å². The summed E-state index contributed by atoms with van der Waals surface area (Å²) in [5, 5.41) is 4.85. The molecule has 2 heterocycles. The van der Waals surface area contributed by atoms with Crippen LogP contribution in [0.15, 0.2) is 30.3 Å². The smallest absolute Gasteiger partial charge is 0.270 e. The number of fused-ring (bicyclic) bond motifs is 1. The van der Waals surface area contributed by atoms with Crippen LogP contribution in [-0.4, -0.2) is 43.4 Å². The second kappa shape index (κ2) is 6.39. The highest BCUT2D eigenvalue weighted by Crippen LogP contribution is 2.22. The maximum Gasteiger partial charge on any atom is 0.270 e. The number of rotatable bonds is 3. The van der Waals surface area contributed by atoms with Crippen LogP contribution in [0.25, 0.3) is 10.8 Å². The molecular formula is C15H15ClN2O3. The predicted octanol–water partition coefficient (Wildman–Crippen LogP) is 2.03. The van der Waals surface area contributed by atoms with E-state index in [1.807, 2.05) is 24.3 Å². The molecule has 1 fully saturated rings. The standard InChI is InChI=1S/C15H15ClN2O3/c16-14-12-4-2-1-3-10(12)7-13(18-14)15(19)17-8-11-9-20-5-6-21-11/h1-4,7,11H,5-6,8-9H2,(H,17,19). The third-order valence-electron chi connectivity index (χ3n) is 3.30. The van der Waals surface area contributed by atoms with Crippen molar-refractivity contribution in [3.05, 3.63) is 41.2 Å². The van der Waals surface area contributed by atoms with Crippen LogP contribution in [0.5, 0.6) is 0 Å². The number of hydrogen-bond donors (Lipinski definition) is 1. The Balaban J connectivity index is 1.72. The van der Waals surface area contributed by atoms with E-state index in [-0.39, 0.29) is 12.0 Å². The lowest BCUT2D eigenvalue weighted by Crippen LogP contribution is -2.39. The summed E-state index contributed by atoms with van der Waals surface area (Å²) in [5.74, 6) is -0.267. The van der Waals surface area contributed by atoms with Gasteiger partial charge in [0.25, 0.3) is 5.91 Å². The second-order valence-corrected chi connectivity index (χ2v) is 5.16. The molecular weight excluding hydrogens is 292 g/mol. The Morgan fingerprint density at radius 3 is 3.05 bits per heavy atom. The number of hydrogen-bond acceptors (Lipinski definition) is 4. The summed E-state index contributed by atoms with van der Waals surface area (Å²) in [5.41, 5.74) is 0.301. The quantitative estimate of drug-likeness (QED) is 0.882. The maximum absolute atomic E-state index is 12.2. The number of amides is 1. The molecule has 2 aromatic rings. The molecule has 1 unspecified atom stereocenters. The molecule has 1 N–H and O–H groups in total. The number of carbonyl (C=O) groups is 1. The minimum Gasteiger partial charge on any atom is -0.376 e. The third kappa shape index (κ3) is 3.32. The Bertz CT molecular complexity index is 656. The number of carbonyl (C=O) groups excluding carboxylic acids is 1. The van der Waals surface area contributed by atoms with Crippen LogP contribution in [0.1, 0.15) is 10.5 Å². The lowest BCUT2D eigenvalue weighted by atomic mass is 10.1. The highest BCUT2D eigenvalue weighted by molar-refractivity contribution is 6.34. The lowest BCUT2D eigenvalue weighted by molar-refractivity contribution is -0.0855. The van der Waals surface area contributed by atoms with Gasteiger partial charge in [0.1, 0.15) is 10.8 Å². The molecule has 0 bridgehead atoms. The Labute approximate surface area is 127 Å². The van der Waals surface area contributed by atoms with Gasteiger partial charge >= 0.3 is 0 Å². The Morgan fingerprint density at radius 2 is 2.24 bits per heavy atom. The van der Waals surface area contributed by atoms with E-state index in [1.54, 1.807) is 6.07 Å². The summed E-state index contributed by atoms with van der Waals surface area (Å²) in [6.07, 6.45) is -0.112. The average Bonchev–Trinajstić information content (AvgIpc) is 2.53. The van der Waals surface area contributed by atoms with E-state index in [0.29, 0.717) is 37.2 Å². The lowest BCUT2D eigenvalue weighted by Gasteiger charge is -2.23. The van der Waals surface area contributed by atoms with Crippen molar-refractivity contribution in [2.45, 2.75) is 6.10 Å². The fraction of sp³-hybridized carbons (Fsp3) is 0.333. The molecule has 21 heavy (non-hydrogen) atoms. The number of benzene rings is 1. The number of halogens is 1. The van der Waals surface area contributed by atoms with Crippen molar-refractivity contribution in [3.8, 4) is 0 Å². The van der Waals surface area contributed by atoms with Crippen molar-refractivity contribution in [1.29, 1.82) is 0 Å². The molecule has 0 aliphatic carbocycles. The molecule has 6 heteroatoms. The van der Waals surface area contributed by atoms with Gasteiger partial charge < -0.3 is 14.8 Å². The van der Waals surface area contributed by atoms with Crippen molar-refractivity contribution >= 4 is 28.3 Å². The summed E-state index contributed by atoms with van der Waals surface area (Å²) in [4.78, 5) is 16.3. The first kappa shape index (κ1) is 14.3. The van der Waals surface area contributed by atoms with Gasteiger partial charge in [-0.05, 0) is 11.5 Å². The number of nitrogens with zero attached hydrogens (tertiary/aromatic N) is 1. The molecule has 3 rings (SSSR count). The van der Waals surface area contributed by atoms with E-state index in [4.69, 9.17) is 21.1 Å². The van der Waals surface area contributed by atoms with Gasteiger partial charge in [-0.1, -0.05) is 35.9 Å². The predicted molar refractivity (Wildman–Crippen MR) is 79.6 cm³/mol. The monoisotopic (exact) mass is 306 g/mol. The third-order valence-corrected chi connectivity index (χ3v) is 3.59. The highest BCUT2D eigenvalue weighted by atomic mass is 35.5. The fourth-order valence-electron chi connectivity index (χ4n) is 2.22. The van der Waals surface area contributed by atoms with Crippen LogP contribution in [0.3, 0.4) is 0 Å². The Kier molecular flexibility index (Phi) is 4.34. The van der Waals surface area contributed by atoms with Gasteiger partial charge in [0.05, 0.1) is 25.9 Å². The van der Waals surface area contributed by atoms with E-state index in [0.717, 1.165) is 10.8 Å². The molecule has 1 aliphatic rings. The van der Waals surface area contributed by atoms with Crippen molar-refractivity contribution in [1.82, 2.24) is 10.3 Å². The van der Waals surface area contributed by atoms with Crippen LogP contribution < -0.4 is 5.32 Å². The van der Waals surface area contributed by atoms with Gasteiger partial charge in [-0.15, -0.1) is 0 Å². The molecule has 1 aromatic heterocycles. The average molecular weight is 307 g/mol. The summed E-state index contributed by atoms with van der Waals surface area (Å²) >= 11 is 6.12. The molecule has 1 amide bonds. The maximum atomic E-state index is 12.2. The molecule has 0 saturated carbocycles. The van der Waals surface area contributed by atoms with Crippen LogP contribution in [0.4, 0.5) is 0 Å². The molecule has 0 radical (unpaired) electrons. The molecule has 110 valence electrons. The number of ether oxygens (including phenoxy) is 2. The summed E-state index contributed by atoms with van der Waals surface area (Å²) in [7, 11) is 0. The summed E-state index contributed by atoms with van der Waals surface area (Å²) in [6, 6.07) is 9.29. The van der Waals surface area contributed by atoms with Crippen LogP contribution in [0.2, 0.25) is 5.15 Å². The number of nitrogens with one attached hydrogen (secondary N) is 1. The minimum atomic E-state index is -0.267. The zero-order chi connectivity index (χ0) is 14.7. The van der Waals surface area contributed by atoms with E-state index >= 15 is 0 Å². The van der Waals surface area contributed by atoms with Gasteiger partial charge in [0, 0.05) is 11.9 Å². The van der Waals surface area contributed by atoms with Gasteiger partial charge in [0.15, 0.2) is 0 Å². The normalized spacial score (nSPS) is 18.6. The first-order chi connectivity index (χ1) is 10.2. The van der Waals surface area contributed by atoms with Gasteiger partial charge in [-0.2, -0.15) is 0 Å². The van der Waals surface area contributed by atoms with Crippen molar-refractivity contribution in [2.75, 3.05) is 26.4 Å². The zero-order valence-electron chi connectivity index (χ0n) is 11.3. The zero-order valence-corrected chi connectivity index (χ0v) is 12.1. The van der Waals surface area contributed by atoms with Crippen molar-refractivity contribution in [2.24, 2.45) is 0 Å². The number of pyridine rings is 1. The largest absolute Gasteiger partial charge is 0.376 e. The van der Waals surface area contributed by atoms with E-state index in [2.05, 4.69) is 10.3 Å². The van der Waals surface area contributed by atoms with E-state index < -0.39 is 0 Å². The first-order valence-electron chi connectivity index (χ1n) is 6.77. The van der Waals surface area contributed by atoms with E-state index in [1.165, 1.54) is 0 Å². The SMILES string of the molecule is O=C(NCC1COCCO1)c1cc2ccccc2c(Cl)n1. The van der Waals surface area contributed by atoms with E-state index in [9.17, 15) is 4.79 Å². The topological polar surface area (TPSA) is 60.5 Å². The fourth-order valence-corrected chi connectivity index (χ4v) is 2.49. The van der Waals surface area contributed by atoms with Crippen molar-refractivity contribution < 1.29 is 14.3 Å².